The van der Waals surface area contributed by atoms with Gasteiger partial charge in [0.25, 0.3) is 0 Å². The summed E-state index contributed by atoms with van der Waals surface area (Å²) in [7, 11) is 0. The molecule has 0 aliphatic carbocycles. The zero-order chi connectivity index (χ0) is 12.5. The van der Waals surface area contributed by atoms with Crippen molar-refractivity contribution in [1.82, 2.24) is 0 Å². The zero-order valence-corrected chi connectivity index (χ0v) is 12.1. The van der Waals surface area contributed by atoms with Crippen molar-refractivity contribution in [3.8, 4) is 0 Å². The normalized spacial score (nSPS) is 12.1. The quantitative estimate of drug-likeness (QED) is 0.432. The molecule has 4 heteroatoms. The van der Waals surface area contributed by atoms with Crippen LogP contribution < -0.4 is 0 Å². The van der Waals surface area contributed by atoms with Crippen LogP contribution in [0.4, 0.5) is 0 Å². The number of benzene rings is 1. The van der Waals surface area contributed by atoms with Gasteiger partial charge in [0.15, 0.2) is 0 Å². The van der Waals surface area contributed by atoms with Crippen LogP contribution in [0.1, 0.15) is 18.9 Å². The Morgan fingerprint density at radius 2 is 2.06 bits per heavy atom. The van der Waals surface area contributed by atoms with E-state index in [1.165, 1.54) is 6.92 Å². The fourth-order valence-electron chi connectivity index (χ4n) is 1.42. The molecule has 0 bridgehead atoms. The topological polar surface area (TPSA) is 35.5 Å². The Labute approximate surface area is 116 Å². The van der Waals surface area contributed by atoms with Gasteiger partial charge in [-0.05, 0) is 12.0 Å². The van der Waals surface area contributed by atoms with Crippen LogP contribution in [-0.2, 0) is 20.9 Å². The molecule has 3 nitrogen and oxygen atoms in total. The summed E-state index contributed by atoms with van der Waals surface area (Å²) >= 11 is 2.27. The van der Waals surface area contributed by atoms with Gasteiger partial charge in [0.1, 0.15) is 6.10 Å². The number of hydrogen-bond acceptors (Lipinski definition) is 3. The molecular formula is C13H17IO3. The third kappa shape index (κ3) is 6.63. The van der Waals surface area contributed by atoms with E-state index in [0.29, 0.717) is 13.2 Å². The van der Waals surface area contributed by atoms with Crippen molar-refractivity contribution in [2.75, 3.05) is 11.0 Å². The maximum atomic E-state index is 10.9. The van der Waals surface area contributed by atoms with Crippen molar-refractivity contribution in [3.63, 3.8) is 0 Å². The Bertz CT molecular complexity index is 327. The van der Waals surface area contributed by atoms with Crippen molar-refractivity contribution in [2.24, 2.45) is 0 Å². The second kappa shape index (κ2) is 8.47. The van der Waals surface area contributed by atoms with E-state index in [4.69, 9.17) is 9.47 Å². The van der Waals surface area contributed by atoms with Gasteiger partial charge in [0.2, 0.25) is 0 Å². The number of halogens is 1. The lowest BCUT2D eigenvalue weighted by Gasteiger charge is -2.16. The third-order valence-corrected chi connectivity index (χ3v) is 2.80. The monoisotopic (exact) mass is 348 g/mol. The summed E-state index contributed by atoms with van der Waals surface area (Å²) in [5.41, 5.74) is 1.13. The average molecular weight is 348 g/mol. The van der Waals surface area contributed by atoms with Gasteiger partial charge in [0.05, 0.1) is 13.2 Å². The molecular weight excluding hydrogens is 331 g/mol. The first-order valence-corrected chi connectivity index (χ1v) is 7.09. The van der Waals surface area contributed by atoms with Crippen LogP contribution in [0.15, 0.2) is 30.3 Å². The van der Waals surface area contributed by atoms with Gasteiger partial charge in [-0.3, -0.25) is 4.79 Å². The second-order valence-electron chi connectivity index (χ2n) is 3.71. The zero-order valence-electron chi connectivity index (χ0n) is 9.90. The molecule has 1 atom stereocenters. The Morgan fingerprint density at radius 3 is 2.65 bits per heavy atom. The number of alkyl halides is 1. The van der Waals surface area contributed by atoms with E-state index in [-0.39, 0.29) is 12.1 Å². The highest BCUT2D eigenvalue weighted by atomic mass is 127. The summed E-state index contributed by atoms with van der Waals surface area (Å²) in [6, 6.07) is 9.96. The fraction of sp³-hybridized carbons (Fsp3) is 0.462. The smallest absolute Gasteiger partial charge is 0.302 e. The van der Waals surface area contributed by atoms with Gasteiger partial charge < -0.3 is 9.47 Å². The van der Waals surface area contributed by atoms with Crippen LogP contribution in [0, 0.1) is 0 Å². The van der Waals surface area contributed by atoms with Gasteiger partial charge in [-0.1, -0.05) is 52.9 Å². The molecule has 17 heavy (non-hydrogen) atoms. The van der Waals surface area contributed by atoms with Gasteiger partial charge >= 0.3 is 5.97 Å². The Kier molecular flexibility index (Phi) is 7.19. The van der Waals surface area contributed by atoms with E-state index in [2.05, 4.69) is 22.6 Å². The number of rotatable bonds is 7. The highest BCUT2D eigenvalue weighted by Gasteiger charge is 2.11. The van der Waals surface area contributed by atoms with Gasteiger partial charge in [0, 0.05) is 11.4 Å². The van der Waals surface area contributed by atoms with Gasteiger partial charge in [-0.2, -0.15) is 0 Å². The van der Waals surface area contributed by atoms with Gasteiger partial charge in [-0.15, -0.1) is 0 Å². The molecule has 0 saturated heterocycles. The van der Waals surface area contributed by atoms with Crippen LogP contribution in [0.25, 0.3) is 0 Å². The fourth-order valence-corrected chi connectivity index (χ4v) is 2.11. The van der Waals surface area contributed by atoms with Crippen molar-refractivity contribution in [3.05, 3.63) is 35.9 Å². The number of ether oxygens (including phenoxy) is 2. The SMILES string of the molecule is CC(=O)OC(CCI)COCc1ccccc1. The number of hydrogen-bond donors (Lipinski definition) is 0. The molecule has 0 spiro atoms. The third-order valence-electron chi connectivity index (χ3n) is 2.18. The lowest BCUT2D eigenvalue weighted by atomic mass is 10.2. The molecule has 0 aromatic heterocycles. The Hall–Kier alpha value is -0.620. The van der Waals surface area contributed by atoms with Crippen molar-refractivity contribution in [2.45, 2.75) is 26.1 Å². The molecule has 1 aromatic rings. The van der Waals surface area contributed by atoms with Crippen LogP contribution in [0.3, 0.4) is 0 Å². The summed E-state index contributed by atoms with van der Waals surface area (Å²) in [6.07, 6.45) is 0.697. The summed E-state index contributed by atoms with van der Waals surface area (Å²) < 4.78 is 11.7. The summed E-state index contributed by atoms with van der Waals surface area (Å²) in [5.74, 6) is -0.247. The van der Waals surface area contributed by atoms with Crippen molar-refractivity contribution < 1.29 is 14.3 Å². The summed E-state index contributed by atoms with van der Waals surface area (Å²) in [5, 5.41) is 0. The van der Waals surface area contributed by atoms with E-state index in [0.717, 1.165) is 16.4 Å². The van der Waals surface area contributed by atoms with E-state index >= 15 is 0 Å². The highest BCUT2D eigenvalue weighted by molar-refractivity contribution is 14.1. The molecule has 1 rings (SSSR count). The first-order chi connectivity index (χ1) is 8.22. The molecule has 0 saturated carbocycles. The standard InChI is InChI=1S/C13H17IO3/c1-11(15)17-13(7-8-14)10-16-9-12-5-3-2-4-6-12/h2-6,13H,7-10H2,1H3. The van der Waals surface area contributed by atoms with Crippen LogP contribution in [0.2, 0.25) is 0 Å². The predicted octanol–water partition coefficient (Wildman–Crippen LogP) is 2.96. The van der Waals surface area contributed by atoms with E-state index in [1.54, 1.807) is 0 Å². The minimum absolute atomic E-state index is 0.131. The van der Waals surface area contributed by atoms with E-state index in [9.17, 15) is 4.79 Å². The molecule has 0 aliphatic rings. The second-order valence-corrected chi connectivity index (χ2v) is 4.79. The van der Waals surface area contributed by atoms with Crippen LogP contribution in [-0.4, -0.2) is 23.1 Å². The molecule has 94 valence electrons. The number of carbonyl (C=O) groups excluding carboxylic acids is 1. The predicted molar refractivity (Wildman–Crippen MR) is 75.2 cm³/mol. The highest BCUT2D eigenvalue weighted by Crippen LogP contribution is 2.06. The lowest BCUT2D eigenvalue weighted by Crippen LogP contribution is -2.22. The van der Waals surface area contributed by atoms with E-state index < -0.39 is 0 Å². The molecule has 1 aromatic carbocycles. The number of esters is 1. The van der Waals surface area contributed by atoms with Crippen LogP contribution in [0.5, 0.6) is 0 Å². The molecule has 0 amide bonds. The molecule has 0 fully saturated rings. The first kappa shape index (κ1) is 14.4. The molecule has 0 heterocycles. The summed E-state index contributed by atoms with van der Waals surface area (Å²) in [6.45, 7) is 2.44. The van der Waals surface area contributed by atoms with E-state index in [1.807, 2.05) is 30.3 Å². The first-order valence-electron chi connectivity index (χ1n) is 5.57. The van der Waals surface area contributed by atoms with Crippen molar-refractivity contribution >= 4 is 28.6 Å². The molecule has 1 unspecified atom stereocenters. The molecule has 0 radical (unpaired) electrons. The minimum Gasteiger partial charge on any atom is -0.460 e. The van der Waals surface area contributed by atoms with Gasteiger partial charge in [-0.25, -0.2) is 0 Å². The van der Waals surface area contributed by atoms with Crippen molar-refractivity contribution in [1.29, 1.82) is 0 Å². The largest absolute Gasteiger partial charge is 0.460 e. The molecule has 0 N–H and O–H groups in total. The lowest BCUT2D eigenvalue weighted by molar-refractivity contribution is -0.149. The Morgan fingerprint density at radius 1 is 1.35 bits per heavy atom. The molecule has 0 aliphatic heterocycles. The van der Waals surface area contributed by atoms with Crippen LogP contribution >= 0.6 is 22.6 Å². The maximum absolute atomic E-state index is 10.9. The summed E-state index contributed by atoms with van der Waals surface area (Å²) in [4.78, 5) is 10.9. The Balaban J connectivity index is 2.29. The maximum Gasteiger partial charge on any atom is 0.302 e. The average Bonchev–Trinajstić information content (AvgIpc) is 2.30. The minimum atomic E-state index is -0.247. The number of carbonyl (C=O) groups is 1.